The number of benzene rings is 3. The SMILES string of the molecule is COc1cc(/C=C(\C#N)C(=O)Nc2cc([N+](=O)[O-])ccc2C)cc(Cl)c1OS(=O)(=O)c1ccc(NC(C)=O)cc1. The summed E-state index contributed by atoms with van der Waals surface area (Å²) < 4.78 is 36.2. The number of amides is 2. The number of ether oxygens (including phenoxy) is 1. The summed E-state index contributed by atoms with van der Waals surface area (Å²) in [6, 6.07) is 13.5. The first-order chi connectivity index (χ1) is 18.8. The van der Waals surface area contributed by atoms with Crippen molar-refractivity contribution in [3.63, 3.8) is 0 Å². The van der Waals surface area contributed by atoms with E-state index in [0.717, 1.165) is 0 Å². The predicted molar refractivity (Wildman–Crippen MR) is 147 cm³/mol. The van der Waals surface area contributed by atoms with Crippen LogP contribution in [0.5, 0.6) is 11.5 Å². The molecule has 40 heavy (non-hydrogen) atoms. The smallest absolute Gasteiger partial charge is 0.339 e. The van der Waals surface area contributed by atoms with Gasteiger partial charge < -0.3 is 19.6 Å². The molecule has 3 aromatic carbocycles. The maximum Gasteiger partial charge on any atom is 0.339 e. The van der Waals surface area contributed by atoms with Gasteiger partial charge >= 0.3 is 10.1 Å². The van der Waals surface area contributed by atoms with Crippen LogP contribution in [0, 0.1) is 28.4 Å². The number of methoxy groups -OCH3 is 1. The number of nitrogens with zero attached hydrogens (tertiary/aromatic N) is 2. The second-order valence-electron chi connectivity index (χ2n) is 8.16. The number of non-ortho nitro benzene ring substituents is 1. The molecule has 206 valence electrons. The van der Waals surface area contributed by atoms with E-state index in [1.54, 1.807) is 13.0 Å². The van der Waals surface area contributed by atoms with Crippen LogP contribution in [0.25, 0.3) is 6.08 Å². The minimum absolute atomic E-state index is 0.107. The zero-order valence-electron chi connectivity index (χ0n) is 21.2. The van der Waals surface area contributed by atoms with Gasteiger partial charge in [0.25, 0.3) is 11.6 Å². The van der Waals surface area contributed by atoms with Gasteiger partial charge in [-0.25, -0.2) is 0 Å². The van der Waals surface area contributed by atoms with E-state index in [1.165, 1.54) is 74.7 Å². The van der Waals surface area contributed by atoms with E-state index in [2.05, 4.69) is 10.6 Å². The van der Waals surface area contributed by atoms with Crippen LogP contribution in [0.15, 0.2) is 65.1 Å². The average molecular weight is 585 g/mol. The molecule has 0 aliphatic heterocycles. The quantitative estimate of drug-likeness (QED) is 0.117. The highest BCUT2D eigenvalue weighted by atomic mass is 35.5. The number of hydrogen-bond acceptors (Lipinski definition) is 9. The van der Waals surface area contributed by atoms with E-state index in [9.17, 15) is 33.4 Å². The number of carbonyl (C=O) groups is 2. The number of rotatable bonds is 9. The topological polar surface area (TPSA) is 178 Å². The maximum atomic E-state index is 12.8. The minimum Gasteiger partial charge on any atom is -0.493 e. The number of halogens is 1. The zero-order valence-corrected chi connectivity index (χ0v) is 22.8. The van der Waals surface area contributed by atoms with Gasteiger partial charge in [-0.05, 0) is 60.5 Å². The molecule has 0 heterocycles. The van der Waals surface area contributed by atoms with Gasteiger partial charge in [-0.2, -0.15) is 13.7 Å². The Hall–Kier alpha value is -4.93. The third-order valence-corrected chi connectivity index (χ3v) is 6.78. The van der Waals surface area contributed by atoms with Crippen LogP contribution in [0.3, 0.4) is 0 Å². The van der Waals surface area contributed by atoms with E-state index < -0.39 is 20.9 Å². The lowest BCUT2D eigenvalue weighted by molar-refractivity contribution is -0.384. The molecule has 2 amide bonds. The molecule has 0 aliphatic carbocycles. The number of aryl methyl sites for hydroxylation is 1. The van der Waals surface area contributed by atoms with Gasteiger partial charge in [-0.3, -0.25) is 19.7 Å². The number of carbonyl (C=O) groups excluding carboxylic acids is 2. The molecule has 0 unspecified atom stereocenters. The Balaban J connectivity index is 1.89. The summed E-state index contributed by atoms with van der Waals surface area (Å²) >= 11 is 6.30. The maximum absolute atomic E-state index is 12.8. The fraction of sp³-hybridized carbons (Fsp3) is 0.115. The van der Waals surface area contributed by atoms with Crippen LogP contribution in [0.4, 0.5) is 17.1 Å². The second-order valence-corrected chi connectivity index (χ2v) is 10.1. The van der Waals surface area contributed by atoms with E-state index in [0.29, 0.717) is 11.3 Å². The largest absolute Gasteiger partial charge is 0.493 e. The van der Waals surface area contributed by atoms with Crippen LogP contribution >= 0.6 is 11.6 Å². The molecule has 0 spiro atoms. The molecule has 0 aromatic heterocycles. The van der Waals surface area contributed by atoms with Crippen molar-refractivity contribution >= 4 is 56.7 Å². The number of nitro groups is 1. The molecule has 0 bridgehead atoms. The fourth-order valence-corrected chi connectivity index (χ4v) is 4.59. The van der Waals surface area contributed by atoms with Gasteiger partial charge in [0.05, 0.1) is 22.7 Å². The van der Waals surface area contributed by atoms with Gasteiger partial charge in [0.15, 0.2) is 5.75 Å². The van der Waals surface area contributed by atoms with Crippen molar-refractivity contribution in [3.05, 3.63) is 86.4 Å². The Labute approximate surface area is 234 Å². The van der Waals surface area contributed by atoms with E-state index in [-0.39, 0.29) is 49.8 Å². The molecule has 14 heteroatoms. The molecule has 3 rings (SSSR count). The highest BCUT2D eigenvalue weighted by Crippen LogP contribution is 2.39. The third kappa shape index (κ3) is 7.13. The Morgan fingerprint density at radius 3 is 2.35 bits per heavy atom. The summed E-state index contributed by atoms with van der Waals surface area (Å²) in [5, 5.41) is 25.4. The summed E-state index contributed by atoms with van der Waals surface area (Å²) in [4.78, 5) is 34.2. The highest BCUT2D eigenvalue weighted by molar-refractivity contribution is 7.87. The van der Waals surface area contributed by atoms with Crippen LogP contribution in [0.2, 0.25) is 5.02 Å². The Morgan fingerprint density at radius 1 is 1.10 bits per heavy atom. The number of anilines is 2. The van der Waals surface area contributed by atoms with Crippen molar-refractivity contribution < 1.29 is 31.9 Å². The summed E-state index contributed by atoms with van der Waals surface area (Å²) in [6.45, 7) is 2.94. The Kier molecular flexibility index (Phi) is 9.10. The first-order valence-electron chi connectivity index (χ1n) is 11.2. The number of nitriles is 1. The zero-order chi connectivity index (χ0) is 29.6. The Morgan fingerprint density at radius 2 is 1.77 bits per heavy atom. The lowest BCUT2D eigenvalue weighted by Gasteiger charge is -2.14. The highest BCUT2D eigenvalue weighted by Gasteiger charge is 2.23. The van der Waals surface area contributed by atoms with Gasteiger partial charge in [0.2, 0.25) is 11.7 Å². The lowest BCUT2D eigenvalue weighted by Crippen LogP contribution is -2.14. The summed E-state index contributed by atoms with van der Waals surface area (Å²) in [6.07, 6.45) is 1.18. The average Bonchev–Trinajstić information content (AvgIpc) is 2.89. The first-order valence-corrected chi connectivity index (χ1v) is 13.0. The van der Waals surface area contributed by atoms with Gasteiger partial charge in [0.1, 0.15) is 16.5 Å². The third-order valence-electron chi connectivity index (χ3n) is 5.26. The lowest BCUT2D eigenvalue weighted by atomic mass is 10.1. The van der Waals surface area contributed by atoms with Crippen molar-refractivity contribution in [2.45, 2.75) is 18.7 Å². The number of nitrogens with one attached hydrogen (secondary N) is 2. The number of nitro benzene ring substituents is 1. The Bertz CT molecular complexity index is 1680. The molecule has 0 saturated carbocycles. The monoisotopic (exact) mass is 584 g/mol. The van der Waals surface area contributed by atoms with Crippen molar-refractivity contribution in [3.8, 4) is 17.6 Å². The fourth-order valence-electron chi connectivity index (χ4n) is 3.33. The van der Waals surface area contributed by atoms with Crippen LogP contribution in [-0.2, 0) is 19.7 Å². The summed E-state index contributed by atoms with van der Waals surface area (Å²) in [5.41, 5.74) is 0.659. The van der Waals surface area contributed by atoms with Crippen molar-refractivity contribution in [2.75, 3.05) is 17.7 Å². The van der Waals surface area contributed by atoms with Gasteiger partial charge in [0, 0.05) is 24.7 Å². The van der Waals surface area contributed by atoms with Crippen LogP contribution in [-0.4, -0.2) is 32.3 Å². The number of hydrogen-bond donors (Lipinski definition) is 2. The minimum atomic E-state index is -4.37. The summed E-state index contributed by atoms with van der Waals surface area (Å²) in [7, 11) is -3.13. The molecule has 0 saturated heterocycles. The molecule has 3 aromatic rings. The molecular weight excluding hydrogens is 564 g/mol. The molecule has 0 radical (unpaired) electrons. The first kappa shape index (κ1) is 29.6. The summed E-state index contributed by atoms with van der Waals surface area (Å²) in [5.74, 6) is -1.60. The molecular formula is C26H21ClN4O8S. The normalized spacial score (nSPS) is 11.2. The van der Waals surface area contributed by atoms with Crippen LogP contribution in [0.1, 0.15) is 18.1 Å². The van der Waals surface area contributed by atoms with Crippen molar-refractivity contribution in [2.24, 2.45) is 0 Å². The van der Waals surface area contributed by atoms with Crippen molar-refractivity contribution in [1.29, 1.82) is 5.26 Å². The van der Waals surface area contributed by atoms with E-state index in [1.807, 2.05) is 0 Å². The molecule has 0 atom stereocenters. The molecule has 12 nitrogen and oxygen atoms in total. The standard InChI is InChI=1S/C26H21ClN4O8S/c1-15-4-7-20(31(34)35)13-23(15)30-26(33)18(14-28)10-17-11-22(27)25(24(12-17)38-3)39-40(36,37)21-8-5-19(6-9-21)29-16(2)32/h4-13H,1-3H3,(H,29,32)(H,30,33)/b18-10+. The van der Waals surface area contributed by atoms with Crippen molar-refractivity contribution in [1.82, 2.24) is 0 Å². The van der Waals surface area contributed by atoms with E-state index >= 15 is 0 Å². The molecule has 2 N–H and O–H groups in total. The van der Waals surface area contributed by atoms with E-state index in [4.69, 9.17) is 20.5 Å². The van der Waals surface area contributed by atoms with Gasteiger partial charge in [-0.15, -0.1) is 0 Å². The predicted octanol–water partition coefficient (Wildman–Crippen LogP) is 4.84. The molecule has 0 fully saturated rings. The molecule has 0 aliphatic rings. The second kappa shape index (κ2) is 12.3. The van der Waals surface area contributed by atoms with Crippen LogP contribution < -0.4 is 19.6 Å². The van der Waals surface area contributed by atoms with Gasteiger partial charge in [-0.1, -0.05) is 17.7 Å².